The van der Waals surface area contributed by atoms with Crippen molar-refractivity contribution in [3.63, 3.8) is 0 Å². The van der Waals surface area contributed by atoms with Gasteiger partial charge in [-0.15, -0.1) is 0 Å². The number of aliphatic carboxylic acids is 1. The summed E-state index contributed by atoms with van der Waals surface area (Å²) in [6.45, 7) is 3.64. The normalized spacial score (nSPS) is 27.2. The molecular formula is C10H18N2O4. The molecule has 0 aromatic rings. The molecule has 1 saturated heterocycles. The van der Waals surface area contributed by atoms with E-state index in [9.17, 15) is 14.7 Å². The Bertz CT molecular complexity index is 293. The highest BCUT2D eigenvalue weighted by atomic mass is 16.4. The summed E-state index contributed by atoms with van der Waals surface area (Å²) in [5, 5.41) is 18.3. The van der Waals surface area contributed by atoms with Crippen LogP contribution in [-0.4, -0.2) is 51.7 Å². The Hall–Kier alpha value is -1.14. The molecule has 1 heterocycles. The first-order valence-corrected chi connectivity index (χ1v) is 5.31. The van der Waals surface area contributed by atoms with Crippen molar-refractivity contribution in [3.8, 4) is 0 Å². The quantitative estimate of drug-likeness (QED) is 0.578. The van der Waals surface area contributed by atoms with Gasteiger partial charge in [0.05, 0.1) is 12.1 Å². The van der Waals surface area contributed by atoms with Gasteiger partial charge in [0.25, 0.3) is 0 Å². The molecular weight excluding hydrogens is 212 g/mol. The summed E-state index contributed by atoms with van der Waals surface area (Å²) in [7, 11) is 0. The fourth-order valence-electron chi connectivity index (χ4n) is 1.77. The highest BCUT2D eigenvalue weighted by Crippen LogP contribution is 2.20. The number of aliphatic hydroxyl groups is 1. The molecule has 0 aromatic heterocycles. The minimum atomic E-state index is -1.10. The largest absolute Gasteiger partial charge is 0.480 e. The van der Waals surface area contributed by atoms with Gasteiger partial charge >= 0.3 is 5.97 Å². The lowest BCUT2D eigenvalue weighted by Crippen LogP contribution is -2.50. The first-order valence-electron chi connectivity index (χ1n) is 5.31. The second-order valence-corrected chi connectivity index (χ2v) is 4.50. The molecule has 4 N–H and O–H groups in total. The van der Waals surface area contributed by atoms with Gasteiger partial charge in [0.1, 0.15) is 6.04 Å². The second kappa shape index (κ2) is 4.80. The molecule has 3 atom stereocenters. The number of carbonyl (C=O) groups excluding carboxylic acids is 1. The average molecular weight is 230 g/mol. The number of carboxylic acids is 1. The lowest BCUT2D eigenvalue weighted by molar-refractivity contribution is -0.149. The van der Waals surface area contributed by atoms with Crippen LogP contribution in [0.25, 0.3) is 0 Å². The predicted octanol–water partition coefficient (Wildman–Crippen LogP) is -0.984. The zero-order chi connectivity index (χ0) is 12.5. The SMILES string of the molecule is CC(C)[C@@H](N)C(=O)N1CC(O)C[C@H]1C(=O)O. The third kappa shape index (κ3) is 2.51. The van der Waals surface area contributed by atoms with Crippen molar-refractivity contribution in [3.05, 3.63) is 0 Å². The minimum Gasteiger partial charge on any atom is -0.480 e. The Labute approximate surface area is 94.0 Å². The number of β-amino-alcohol motifs (C(OH)–C–C–N with tert-alkyl or cyclic N) is 1. The minimum absolute atomic E-state index is 0.0518. The molecule has 6 heteroatoms. The summed E-state index contributed by atoms with van der Waals surface area (Å²) < 4.78 is 0. The van der Waals surface area contributed by atoms with Gasteiger partial charge in [-0.2, -0.15) is 0 Å². The van der Waals surface area contributed by atoms with Gasteiger partial charge in [-0.05, 0) is 5.92 Å². The predicted molar refractivity (Wildman–Crippen MR) is 56.6 cm³/mol. The van der Waals surface area contributed by atoms with E-state index < -0.39 is 30.1 Å². The fraction of sp³-hybridized carbons (Fsp3) is 0.800. The number of aliphatic hydroxyl groups excluding tert-OH is 1. The van der Waals surface area contributed by atoms with E-state index in [4.69, 9.17) is 10.8 Å². The summed E-state index contributed by atoms with van der Waals surface area (Å²) in [5.74, 6) is -1.56. The number of carbonyl (C=O) groups is 2. The van der Waals surface area contributed by atoms with Crippen LogP contribution in [-0.2, 0) is 9.59 Å². The van der Waals surface area contributed by atoms with Crippen molar-refractivity contribution in [1.82, 2.24) is 4.90 Å². The summed E-state index contributed by atoms with van der Waals surface area (Å²) in [5.41, 5.74) is 5.68. The molecule has 1 unspecified atom stereocenters. The van der Waals surface area contributed by atoms with Crippen molar-refractivity contribution in [2.24, 2.45) is 11.7 Å². The first kappa shape index (κ1) is 12.9. The van der Waals surface area contributed by atoms with E-state index in [0.29, 0.717) is 0 Å². The van der Waals surface area contributed by atoms with Gasteiger partial charge < -0.3 is 20.8 Å². The van der Waals surface area contributed by atoms with Gasteiger partial charge in [-0.1, -0.05) is 13.8 Å². The van der Waals surface area contributed by atoms with Crippen molar-refractivity contribution >= 4 is 11.9 Å². The molecule has 1 fully saturated rings. The summed E-state index contributed by atoms with van der Waals surface area (Å²) in [4.78, 5) is 23.9. The summed E-state index contributed by atoms with van der Waals surface area (Å²) in [6, 6.07) is -1.67. The zero-order valence-corrected chi connectivity index (χ0v) is 9.46. The third-order valence-electron chi connectivity index (χ3n) is 2.85. The Morgan fingerprint density at radius 3 is 2.44 bits per heavy atom. The Balaban J connectivity index is 2.78. The number of carboxylic acid groups (broad SMARTS) is 1. The molecule has 0 spiro atoms. The molecule has 0 radical (unpaired) electrons. The number of hydrogen-bond acceptors (Lipinski definition) is 4. The molecule has 0 saturated carbocycles. The van der Waals surface area contributed by atoms with Crippen LogP contribution in [0.1, 0.15) is 20.3 Å². The maximum absolute atomic E-state index is 11.9. The van der Waals surface area contributed by atoms with Gasteiger partial charge in [0.15, 0.2) is 0 Å². The molecule has 1 rings (SSSR count). The van der Waals surface area contributed by atoms with Crippen LogP contribution >= 0.6 is 0 Å². The molecule has 1 aliphatic rings. The van der Waals surface area contributed by atoms with Crippen molar-refractivity contribution in [1.29, 1.82) is 0 Å². The fourth-order valence-corrected chi connectivity index (χ4v) is 1.77. The van der Waals surface area contributed by atoms with Crippen LogP contribution in [0.2, 0.25) is 0 Å². The number of rotatable bonds is 3. The average Bonchev–Trinajstić information content (AvgIpc) is 2.58. The molecule has 0 aliphatic carbocycles. The van der Waals surface area contributed by atoms with Crippen LogP contribution < -0.4 is 5.73 Å². The van der Waals surface area contributed by atoms with E-state index >= 15 is 0 Å². The van der Waals surface area contributed by atoms with Crippen molar-refractivity contribution in [2.75, 3.05) is 6.54 Å². The number of hydrogen-bond donors (Lipinski definition) is 3. The standard InChI is InChI=1S/C10H18N2O4/c1-5(2)8(11)9(14)12-4-6(13)3-7(12)10(15)16/h5-8,13H,3-4,11H2,1-2H3,(H,15,16)/t6?,7-,8+/m0/s1. The van der Waals surface area contributed by atoms with E-state index in [1.165, 1.54) is 0 Å². The molecule has 1 amide bonds. The monoisotopic (exact) mass is 230 g/mol. The number of nitrogens with two attached hydrogens (primary N) is 1. The summed E-state index contributed by atoms with van der Waals surface area (Å²) >= 11 is 0. The lowest BCUT2D eigenvalue weighted by atomic mass is 10.0. The topological polar surface area (TPSA) is 104 Å². The van der Waals surface area contributed by atoms with E-state index in [1.807, 2.05) is 0 Å². The van der Waals surface area contributed by atoms with E-state index in [0.717, 1.165) is 4.90 Å². The van der Waals surface area contributed by atoms with E-state index in [-0.39, 0.29) is 18.9 Å². The molecule has 0 aromatic carbocycles. The maximum Gasteiger partial charge on any atom is 0.326 e. The summed E-state index contributed by atoms with van der Waals surface area (Å²) in [6.07, 6.45) is -0.698. The third-order valence-corrected chi connectivity index (χ3v) is 2.85. The van der Waals surface area contributed by atoms with Crippen LogP contribution in [0, 0.1) is 5.92 Å². The highest BCUT2D eigenvalue weighted by molar-refractivity contribution is 5.87. The van der Waals surface area contributed by atoms with Crippen LogP contribution in [0.5, 0.6) is 0 Å². The van der Waals surface area contributed by atoms with Gasteiger partial charge in [-0.25, -0.2) is 4.79 Å². The van der Waals surface area contributed by atoms with Crippen LogP contribution in [0.4, 0.5) is 0 Å². The van der Waals surface area contributed by atoms with Crippen LogP contribution in [0.3, 0.4) is 0 Å². The van der Waals surface area contributed by atoms with Gasteiger partial charge in [0.2, 0.25) is 5.91 Å². The Kier molecular flexibility index (Phi) is 3.88. The van der Waals surface area contributed by atoms with Crippen LogP contribution in [0.15, 0.2) is 0 Å². The molecule has 16 heavy (non-hydrogen) atoms. The zero-order valence-electron chi connectivity index (χ0n) is 9.46. The van der Waals surface area contributed by atoms with Crippen molar-refractivity contribution in [2.45, 2.75) is 38.5 Å². The smallest absolute Gasteiger partial charge is 0.326 e. The number of amides is 1. The Morgan fingerprint density at radius 2 is 2.00 bits per heavy atom. The number of nitrogens with zero attached hydrogens (tertiary/aromatic N) is 1. The lowest BCUT2D eigenvalue weighted by Gasteiger charge is -2.26. The number of likely N-dealkylation sites (tertiary alicyclic amines) is 1. The van der Waals surface area contributed by atoms with E-state index in [2.05, 4.69) is 0 Å². The second-order valence-electron chi connectivity index (χ2n) is 4.50. The molecule has 6 nitrogen and oxygen atoms in total. The molecule has 1 aliphatic heterocycles. The highest BCUT2D eigenvalue weighted by Gasteiger charge is 2.40. The van der Waals surface area contributed by atoms with Crippen molar-refractivity contribution < 1.29 is 19.8 Å². The molecule has 0 bridgehead atoms. The Morgan fingerprint density at radius 1 is 1.44 bits per heavy atom. The maximum atomic E-state index is 11.9. The molecule has 92 valence electrons. The van der Waals surface area contributed by atoms with Gasteiger partial charge in [0, 0.05) is 13.0 Å². The first-order chi connectivity index (χ1) is 7.34. The van der Waals surface area contributed by atoms with Gasteiger partial charge in [-0.3, -0.25) is 4.79 Å². The van der Waals surface area contributed by atoms with E-state index in [1.54, 1.807) is 13.8 Å².